The lowest BCUT2D eigenvalue weighted by molar-refractivity contribution is 0.687. The first kappa shape index (κ1) is 9.75. The molecule has 0 atom stereocenters. The average Bonchev–Trinajstić information content (AvgIpc) is 2.69. The molecule has 0 N–H and O–H groups in total. The number of halogens is 1. The Morgan fingerprint density at radius 1 is 1.33 bits per heavy atom. The molecule has 4 heteroatoms. The monoisotopic (exact) mass is 217 g/mol. The minimum Gasteiger partial charge on any atom is -0.267 e. The van der Waals surface area contributed by atoms with Gasteiger partial charge in [0.1, 0.15) is 6.07 Å². The minimum atomic E-state index is 0.573. The number of benzene rings is 1. The van der Waals surface area contributed by atoms with Gasteiger partial charge in [-0.15, -0.1) is 0 Å². The molecule has 1 heterocycles. The van der Waals surface area contributed by atoms with Gasteiger partial charge in [0.25, 0.3) is 0 Å². The van der Waals surface area contributed by atoms with Gasteiger partial charge >= 0.3 is 0 Å². The zero-order valence-electron chi connectivity index (χ0n) is 7.89. The number of nitrogens with zero attached hydrogens (tertiary/aromatic N) is 3. The van der Waals surface area contributed by atoms with Crippen LogP contribution in [0.2, 0.25) is 5.02 Å². The highest BCUT2D eigenvalue weighted by Gasteiger charge is 1.98. The zero-order chi connectivity index (χ0) is 10.7. The van der Waals surface area contributed by atoms with Crippen LogP contribution in [-0.2, 0) is 6.54 Å². The van der Waals surface area contributed by atoms with Gasteiger partial charge in [0, 0.05) is 11.2 Å². The highest BCUT2D eigenvalue weighted by molar-refractivity contribution is 6.30. The van der Waals surface area contributed by atoms with Crippen molar-refractivity contribution in [2.45, 2.75) is 6.54 Å². The van der Waals surface area contributed by atoms with Gasteiger partial charge in [-0.25, -0.2) is 0 Å². The van der Waals surface area contributed by atoms with Crippen LogP contribution in [-0.4, -0.2) is 9.78 Å². The minimum absolute atomic E-state index is 0.573. The van der Waals surface area contributed by atoms with Gasteiger partial charge in [-0.2, -0.15) is 10.4 Å². The van der Waals surface area contributed by atoms with Crippen LogP contribution in [0.15, 0.2) is 36.7 Å². The summed E-state index contributed by atoms with van der Waals surface area (Å²) < 4.78 is 1.72. The summed E-state index contributed by atoms with van der Waals surface area (Å²) in [5.74, 6) is 0. The third kappa shape index (κ3) is 2.36. The van der Waals surface area contributed by atoms with Crippen LogP contribution in [0.5, 0.6) is 0 Å². The van der Waals surface area contributed by atoms with Gasteiger partial charge in [0.05, 0.1) is 18.3 Å². The van der Waals surface area contributed by atoms with E-state index in [0.29, 0.717) is 12.1 Å². The van der Waals surface area contributed by atoms with Gasteiger partial charge in [0.2, 0.25) is 0 Å². The van der Waals surface area contributed by atoms with Crippen molar-refractivity contribution in [1.29, 1.82) is 5.26 Å². The van der Waals surface area contributed by atoms with Crippen molar-refractivity contribution in [2.75, 3.05) is 0 Å². The van der Waals surface area contributed by atoms with Crippen LogP contribution in [0, 0.1) is 11.3 Å². The van der Waals surface area contributed by atoms with E-state index >= 15 is 0 Å². The third-order valence-corrected chi connectivity index (χ3v) is 2.27. The molecule has 0 saturated heterocycles. The van der Waals surface area contributed by atoms with Crippen LogP contribution in [0.4, 0.5) is 0 Å². The van der Waals surface area contributed by atoms with Crippen LogP contribution < -0.4 is 0 Å². The number of hydrogen-bond acceptors (Lipinski definition) is 2. The van der Waals surface area contributed by atoms with Gasteiger partial charge in [-0.3, -0.25) is 4.68 Å². The van der Waals surface area contributed by atoms with E-state index in [1.807, 2.05) is 30.3 Å². The van der Waals surface area contributed by atoms with Crippen LogP contribution in [0.25, 0.3) is 0 Å². The van der Waals surface area contributed by atoms with E-state index in [1.165, 1.54) is 0 Å². The number of nitriles is 1. The van der Waals surface area contributed by atoms with E-state index in [2.05, 4.69) is 5.10 Å². The highest BCUT2D eigenvalue weighted by atomic mass is 35.5. The summed E-state index contributed by atoms with van der Waals surface area (Å²) in [5, 5.41) is 13.4. The Labute approximate surface area is 92.5 Å². The van der Waals surface area contributed by atoms with Crippen molar-refractivity contribution < 1.29 is 0 Å². The predicted octanol–water partition coefficient (Wildman–Crippen LogP) is 2.46. The van der Waals surface area contributed by atoms with Crippen molar-refractivity contribution in [2.24, 2.45) is 0 Å². The molecule has 15 heavy (non-hydrogen) atoms. The Morgan fingerprint density at radius 2 is 2.07 bits per heavy atom. The van der Waals surface area contributed by atoms with Crippen molar-refractivity contribution in [3.63, 3.8) is 0 Å². The highest BCUT2D eigenvalue weighted by Crippen LogP contribution is 2.10. The van der Waals surface area contributed by atoms with E-state index in [1.54, 1.807) is 17.1 Å². The van der Waals surface area contributed by atoms with Crippen molar-refractivity contribution in [1.82, 2.24) is 9.78 Å². The zero-order valence-corrected chi connectivity index (χ0v) is 8.65. The second-order valence-electron chi connectivity index (χ2n) is 3.16. The molecule has 0 unspecified atom stereocenters. The molecule has 0 amide bonds. The fourth-order valence-electron chi connectivity index (χ4n) is 1.28. The van der Waals surface area contributed by atoms with Crippen molar-refractivity contribution >= 4 is 11.6 Å². The Bertz CT molecular complexity index is 493. The van der Waals surface area contributed by atoms with Crippen molar-refractivity contribution in [3.05, 3.63) is 52.8 Å². The van der Waals surface area contributed by atoms with Gasteiger partial charge < -0.3 is 0 Å². The first-order valence-corrected chi connectivity index (χ1v) is 4.83. The molecule has 1 aromatic carbocycles. The normalized spacial score (nSPS) is 9.87. The van der Waals surface area contributed by atoms with Crippen molar-refractivity contribution in [3.8, 4) is 6.07 Å². The fraction of sp³-hybridized carbons (Fsp3) is 0.0909. The summed E-state index contributed by atoms with van der Waals surface area (Å²) >= 11 is 5.78. The summed E-state index contributed by atoms with van der Waals surface area (Å²) in [6, 6.07) is 9.60. The lowest BCUT2D eigenvalue weighted by Gasteiger charge is -2.01. The van der Waals surface area contributed by atoms with Gasteiger partial charge in [0.15, 0.2) is 0 Å². The molecule has 0 saturated carbocycles. The third-order valence-electron chi connectivity index (χ3n) is 2.02. The molecular formula is C11H8ClN3. The molecule has 0 fully saturated rings. The van der Waals surface area contributed by atoms with Gasteiger partial charge in [-0.05, 0) is 17.7 Å². The molecule has 0 aliphatic heterocycles. The van der Waals surface area contributed by atoms with Gasteiger partial charge in [-0.1, -0.05) is 23.7 Å². The average molecular weight is 218 g/mol. The van der Waals surface area contributed by atoms with Crippen LogP contribution >= 0.6 is 11.6 Å². The SMILES string of the molecule is N#Cc1cnn(Cc2ccc(Cl)cc2)c1. The summed E-state index contributed by atoms with van der Waals surface area (Å²) in [6.45, 7) is 0.652. The molecule has 2 rings (SSSR count). The number of rotatable bonds is 2. The maximum atomic E-state index is 8.63. The summed E-state index contributed by atoms with van der Waals surface area (Å²) in [5.41, 5.74) is 1.68. The van der Waals surface area contributed by atoms with E-state index in [-0.39, 0.29) is 0 Å². The Morgan fingerprint density at radius 3 is 2.67 bits per heavy atom. The standard InChI is InChI=1S/C11H8ClN3/c12-11-3-1-9(2-4-11)7-15-8-10(5-13)6-14-15/h1-4,6,8H,7H2. The molecular weight excluding hydrogens is 210 g/mol. The van der Waals surface area contributed by atoms with E-state index in [0.717, 1.165) is 10.6 Å². The second-order valence-corrected chi connectivity index (χ2v) is 3.60. The summed E-state index contributed by atoms with van der Waals surface area (Å²) in [4.78, 5) is 0. The Hall–Kier alpha value is -1.79. The maximum absolute atomic E-state index is 8.63. The number of hydrogen-bond donors (Lipinski definition) is 0. The lowest BCUT2D eigenvalue weighted by Crippen LogP contribution is -1.99. The quantitative estimate of drug-likeness (QED) is 0.776. The first-order chi connectivity index (χ1) is 7.28. The topological polar surface area (TPSA) is 41.6 Å². The molecule has 0 bridgehead atoms. The maximum Gasteiger partial charge on any atom is 0.102 e. The lowest BCUT2D eigenvalue weighted by atomic mass is 10.2. The molecule has 74 valence electrons. The van der Waals surface area contributed by atoms with E-state index in [9.17, 15) is 0 Å². The molecule has 2 aromatic rings. The van der Waals surface area contributed by atoms with Crippen LogP contribution in [0.1, 0.15) is 11.1 Å². The molecule has 0 aliphatic rings. The molecule has 0 aliphatic carbocycles. The van der Waals surface area contributed by atoms with Crippen LogP contribution in [0.3, 0.4) is 0 Å². The molecule has 3 nitrogen and oxygen atoms in total. The number of aromatic nitrogens is 2. The fourth-order valence-corrected chi connectivity index (χ4v) is 1.41. The summed E-state index contributed by atoms with van der Waals surface area (Å²) in [7, 11) is 0. The largest absolute Gasteiger partial charge is 0.267 e. The van der Waals surface area contributed by atoms with E-state index < -0.39 is 0 Å². The molecule has 0 spiro atoms. The smallest absolute Gasteiger partial charge is 0.102 e. The second kappa shape index (κ2) is 4.16. The summed E-state index contributed by atoms with van der Waals surface area (Å²) in [6.07, 6.45) is 3.27. The first-order valence-electron chi connectivity index (χ1n) is 4.45. The van der Waals surface area contributed by atoms with E-state index in [4.69, 9.17) is 16.9 Å². The Kier molecular flexibility index (Phi) is 2.70. The molecule has 1 aromatic heterocycles. The Balaban J connectivity index is 2.15. The predicted molar refractivity (Wildman–Crippen MR) is 57.5 cm³/mol. The molecule has 0 radical (unpaired) electrons.